The Hall–Kier alpha value is -3.55. The fourth-order valence-corrected chi connectivity index (χ4v) is 2.83. The van der Waals surface area contributed by atoms with Gasteiger partial charge in [0.1, 0.15) is 11.4 Å². The van der Waals surface area contributed by atoms with Gasteiger partial charge in [0.15, 0.2) is 28.7 Å². The summed E-state index contributed by atoms with van der Waals surface area (Å²) in [6.07, 6.45) is -4.80. The van der Waals surface area contributed by atoms with Gasteiger partial charge in [-0.15, -0.1) is 5.10 Å². The minimum Gasteiger partial charge on any atom is -0.464 e. The molecule has 176 valence electrons. The molecule has 3 aromatic heterocycles. The largest absolute Gasteiger partial charge is 0.464 e. The zero-order chi connectivity index (χ0) is 24.5. The van der Waals surface area contributed by atoms with E-state index < -0.39 is 47.0 Å². The molecule has 0 aromatic carbocycles. The van der Waals surface area contributed by atoms with Crippen molar-refractivity contribution in [3.05, 3.63) is 51.3 Å². The van der Waals surface area contributed by atoms with Gasteiger partial charge in [-0.2, -0.15) is 22.8 Å². The number of aromatic nitrogens is 6. The van der Waals surface area contributed by atoms with Crippen molar-refractivity contribution in [3.63, 3.8) is 0 Å². The topological polar surface area (TPSA) is 117 Å². The standard InChI is InChI=1S/C18H16ClF4N7O3/c1-4-29-9(3)28-30(17(29)32)14-11(20)7-10(16(27-14)33-8(2)18(21,22)23)15(31)26-13-12(19)24-5-6-25-13/h5-8H,4H2,1-3H3,(H,25,26,31). The van der Waals surface area contributed by atoms with Gasteiger partial charge in [0, 0.05) is 18.9 Å². The predicted octanol–water partition coefficient (Wildman–Crippen LogP) is 2.92. The zero-order valence-corrected chi connectivity index (χ0v) is 18.1. The molecule has 1 N–H and O–H groups in total. The van der Waals surface area contributed by atoms with E-state index in [4.69, 9.17) is 16.3 Å². The summed E-state index contributed by atoms with van der Waals surface area (Å²) >= 11 is 5.82. The fourth-order valence-electron chi connectivity index (χ4n) is 2.67. The highest BCUT2D eigenvalue weighted by Crippen LogP contribution is 2.28. The van der Waals surface area contributed by atoms with Crippen LogP contribution in [0, 0.1) is 12.7 Å². The number of nitrogens with zero attached hydrogens (tertiary/aromatic N) is 6. The van der Waals surface area contributed by atoms with Crippen LogP contribution in [0.15, 0.2) is 23.3 Å². The molecule has 33 heavy (non-hydrogen) atoms. The maximum absolute atomic E-state index is 14.9. The molecular formula is C18H16ClF4N7O3. The van der Waals surface area contributed by atoms with Gasteiger partial charge in [-0.3, -0.25) is 9.36 Å². The molecule has 3 heterocycles. The number of anilines is 1. The number of hydrogen-bond donors (Lipinski definition) is 1. The lowest BCUT2D eigenvalue weighted by molar-refractivity contribution is -0.190. The number of carbonyl (C=O) groups is 1. The van der Waals surface area contributed by atoms with Gasteiger partial charge >= 0.3 is 11.9 Å². The van der Waals surface area contributed by atoms with Gasteiger partial charge < -0.3 is 10.1 Å². The summed E-state index contributed by atoms with van der Waals surface area (Å²) in [5.41, 5.74) is -1.48. The first kappa shape index (κ1) is 24.1. The molecule has 0 saturated heterocycles. The van der Waals surface area contributed by atoms with Gasteiger partial charge in [0.2, 0.25) is 5.88 Å². The van der Waals surface area contributed by atoms with E-state index in [0.717, 1.165) is 0 Å². The first-order valence-corrected chi connectivity index (χ1v) is 9.70. The molecular weight excluding hydrogens is 474 g/mol. The van der Waals surface area contributed by atoms with E-state index in [-0.39, 0.29) is 23.3 Å². The lowest BCUT2D eigenvalue weighted by atomic mass is 10.2. The van der Waals surface area contributed by atoms with E-state index >= 15 is 0 Å². The Morgan fingerprint density at radius 3 is 2.55 bits per heavy atom. The Morgan fingerprint density at radius 1 is 1.30 bits per heavy atom. The Labute approximate surface area is 188 Å². The molecule has 0 aliphatic carbocycles. The van der Waals surface area contributed by atoms with Crippen molar-refractivity contribution >= 4 is 23.3 Å². The third-order valence-electron chi connectivity index (χ3n) is 4.37. The van der Waals surface area contributed by atoms with Crippen LogP contribution in [0.1, 0.15) is 30.0 Å². The van der Waals surface area contributed by atoms with E-state index in [1.54, 1.807) is 6.92 Å². The molecule has 0 bridgehead atoms. The second kappa shape index (κ2) is 9.13. The van der Waals surface area contributed by atoms with Crippen molar-refractivity contribution in [2.45, 2.75) is 39.6 Å². The fraction of sp³-hybridized carbons (Fsp3) is 0.333. The second-order valence-corrected chi connectivity index (χ2v) is 6.94. The molecule has 0 aliphatic heterocycles. The van der Waals surface area contributed by atoms with E-state index in [1.165, 1.54) is 23.9 Å². The molecule has 0 radical (unpaired) electrons. The molecule has 0 fully saturated rings. The maximum atomic E-state index is 14.9. The molecule has 0 saturated carbocycles. The van der Waals surface area contributed by atoms with Gasteiger partial charge in [-0.05, 0) is 26.8 Å². The Balaban J connectivity index is 2.13. The monoisotopic (exact) mass is 489 g/mol. The number of alkyl halides is 3. The van der Waals surface area contributed by atoms with Crippen molar-refractivity contribution in [3.8, 4) is 11.7 Å². The molecule has 0 spiro atoms. The van der Waals surface area contributed by atoms with Crippen LogP contribution >= 0.6 is 11.6 Å². The Bertz CT molecular complexity index is 1260. The smallest absolute Gasteiger partial charge is 0.425 e. The SMILES string of the molecule is CCn1c(C)nn(-c2nc(OC(C)C(F)(F)F)c(C(=O)Nc3nccnc3Cl)cc2F)c1=O. The molecule has 10 nitrogen and oxygen atoms in total. The van der Waals surface area contributed by atoms with Gasteiger partial charge in [0.05, 0.1) is 0 Å². The van der Waals surface area contributed by atoms with Gasteiger partial charge in [0.25, 0.3) is 5.91 Å². The van der Waals surface area contributed by atoms with Crippen molar-refractivity contribution in [1.29, 1.82) is 0 Å². The highest BCUT2D eigenvalue weighted by molar-refractivity contribution is 6.32. The van der Waals surface area contributed by atoms with Crippen LogP contribution in [0.5, 0.6) is 5.88 Å². The molecule has 15 heteroatoms. The minimum atomic E-state index is -4.82. The highest BCUT2D eigenvalue weighted by Gasteiger charge is 2.39. The van der Waals surface area contributed by atoms with Crippen LogP contribution in [0.4, 0.5) is 23.4 Å². The first-order chi connectivity index (χ1) is 15.4. The van der Waals surface area contributed by atoms with Crippen LogP contribution in [0.2, 0.25) is 5.15 Å². The highest BCUT2D eigenvalue weighted by atomic mass is 35.5. The van der Waals surface area contributed by atoms with Crippen molar-refractivity contribution in [2.75, 3.05) is 5.32 Å². The Kier molecular flexibility index (Phi) is 6.67. The minimum absolute atomic E-state index is 0.208. The molecule has 3 rings (SSSR count). The lowest BCUT2D eigenvalue weighted by Crippen LogP contribution is -2.33. The number of nitrogens with one attached hydrogen (secondary N) is 1. The summed E-state index contributed by atoms with van der Waals surface area (Å²) in [5.74, 6) is -3.97. The van der Waals surface area contributed by atoms with E-state index in [2.05, 4.69) is 25.4 Å². The number of aryl methyl sites for hydroxylation is 1. The summed E-state index contributed by atoms with van der Waals surface area (Å²) in [6, 6.07) is 0.576. The van der Waals surface area contributed by atoms with E-state index in [9.17, 15) is 27.2 Å². The van der Waals surface area contributed by atoms with E-state index in [0.29, 0.717) is 17.7 Å². The summed E-state index contributed by atoms with van der Waals surface area (Å²) in [7, 11) is 0. The van der Waals surface area contributed by atoms with Gasteiger partial charge in [-0.1, -0.05) is 11.6 Å². The number of ether oxygens (including phenoxy) is 1. The average molecular weight is 490 g/mol. The van der Waals surface area contributed by atoms with Crippen molar-refractivity contribution in [2.24, 2.45) is 0 Å². The summed E-state index contributed by atoms with van der Waals surface area (Å²) < 4.78 is 60.8. The third-order valence-corrected chi connectivity index (χ3v) is 4.64. The van der Waals surface area contributed by atoms with E-state index in [1.807, 2.05) is 0 Å². The molecule has 1 atom stereocenters. The van der Waals surface area contributed by atoms with Crippen LogP contribution in [-0.4, -0.2) is 47.5 Å². The number of halogens is 5. The molecule has 0 aliphatic rings. The molecule has 1 unspecified atom stereocenters. The summed E-state index contributed by atoms with van der Waals surface area (Å²) in [6.45, 7) is 4.01. The van der Waals surface area contributed by atoms with Crippen LogP contribution in [0.25, 0.3) is 5.82 Å². The molecule has 3 aromatic rings. The number of hydrogen-bond acceptors (Lipinski definition) is 7. The molecule has 1 amide bonds. The number of carbonyl (C=O) groups excluding carboxylic acids is 1. The third kappa shape index (κ3) is 4.94. The first-order valence-electron chi connectivity index (χ1n) is 9.32. The normalized spacial score (nSPS) is 12.5. The summed E-state index contributed by atoms with van der Waals surface area (Å²) in [5, 5.41) is 5.87. The Morgan fingerprint density at radius 2 is 1.97 bits per heavy atom. The zero-order valence-electron chi connectivity index (χ0n) is 17.3. The average Bonchev–Trinajstić information content (AvgIpc) is 3.02. The predicted molar refractivity (Wildman–Crippen MR) is 107 cm³/mol. The second-order valence-electron chi connectivity index (χ2n) is 6.58. The van der Waals surface area contributed by atoms with Crippen molar-refractivity contribution in [1.82, 2.24) is 29.3 Å². The van der Waals surface area contributed by atoms with Crippen LogP contribution in [0.3, 0.4) is 0 Å². The number of rotatable bonds is 6. The summed E-state index contributed by atoms with van der Waals surface area (Å²) in [4.78, 5) is 36.4. The maximum Gasteiger partial charge on any atom is 0.425 e. The quantitative estimate of drug-likeness (QED) is 0.529. The lowest BCUT2D eigenvalue weighted by Gasteiger charge is -2.19. The van der Waals surface area contributed by atoms with Crippen molar-refractivity contribution < 1.29 is 27.1 Å². The van der Waals surface area contributed by atoms with Crippen LogP contribution in [-0.2, 0) is 6.54 Å². The number of pyridine rings is 1. The van der Waals surface area contributed by atoms with Crippen LogP contribution < -0.4 is 15.7 Å². The number of amides is 1. The van der Waals surface area contributed by atoms with Gasteiger partial charge in [-0.25, -0.2) is 19.2 Å².